The monoisotopic (exact) mass is 411 g/mol. The fourth-order valence-electron chi connectivity index (χ4n) is 2.74. The highest BCUT2D eigenvalue weighted by Gasteiger charge is 2.31. The summed E-state index contributed by atoms with van der Waals surface area (Å²) < 4.78 is 39.4. The van der Waals surface area contributed by atoms with E-state index in [0.29, 0.717) is 17.0 Å². The van der Waals surface area contributed by atoms with Crippen LogP contribution in [0.15, 0.2) is 46.9 Å². The van der Waals surface area contributed by atoms with Gasteiger partial charge in [0.15, 0.2) is 0 Å². The van der Waals surface area contributed by atoms with Crippen LogP contribution in [0.4, 0.5) is 13.2 Å². The van der Waals surface area contributed by atoms with Crippen LogP contribution in [0, 0.1) is 0 Å². The van der Waals surface area contributed by atoms with Crippen LogP contribution >= 0.6 is 15.9 Å². The number of rotatable bonds is 4. The summed E-state index contributed by atoms with van der Waals surface area (Å²) in [5, 5.41) is 2.76. The molecule has 0 bridgehead atoms. The highest BCUT2D eigenvalue weighted by Crippen LogP contribution is 2.43. The summed E-state index contributed by atoms with van der Waals surface area (Å²) in [7, 11) is 0. The number of halogens is 4. The van der Waals surface area contributed by atoms with Gasteiger partial charge in [0, 0.05) is 10.0 Å². The Labute approximate surface area is 152 Å². The van der Waals surface area contributed by atoms with Crippen molar-refractivity contribution in [1.82, 2.24) is 5.32 Å². The van der Waals surface area contributed by atoms with Gasteiger partial charge in [-0.3, -0.25) is 4.79 Å². The number of hydrogen-bond donors (Lipinski definition) is 1. The van der Waals surface area contributed by atoms with Crippen molar-refractivity contribution in [2.45, 2.75) is 37.9 Å². The smallest absolute Gasteiger partial charge is 0.346 e. The highest BCUT2D eigenvalue weighted by atomic mass is 79.9. The van der Waals surface area contributed by atoms with Crippen molar-refractivity contribution in [1.29, 1.82) is 0 Å². The van der Waals surface area contributed by atoms with Gasteiger partial charge in [0.2, 0.25) is 0 Å². The van der Waals surface area contributed by atoms with E-state index >= 15 is 0 Å². The summed E-state index contributed by atoms with van der Waals surface area (Å²) in [6, 6.07) is 9.94. The van der Waals surface area contributed by atoms with E-state index in [1.54, 1.807) is 25.1 Å². The second kappa shape index (κ2) is 6.83. The fourth-order valence-corrected chi connectivity index (χ4v) is 3.44. The Hall–Kier alpha value is -1.82. The maximum Gasteiger partial charge on any atom is 0.416 e. The Balaban J connectivity index is 1.73. The van der Waals surface area contributed by atoms with Crippen molar-refractivity contribution in [2.24, 2.45) is 0 Å². The number of hydrogen-bond acceptors (Lipinski definition) is 1. The topological polar surface area (TPSA) is 29.1 Å². The normalized spacial score (nSPS) is 15.7. The van der Waals surface area contributed by atoms with Crippen LogP contribution in [0.3, 0.4) is 0 Å². The molecule has 0 spiro atoms. The maximum atomic E-state index is 12.8. The molecule has 2 aromatic carbocycles. The van der Waals surface area contributed by atoms with E-state index in [-0.39, 0.29) is 5.91 Å². The Morgan fingerprint density at radius 3 is 2.52 bits per heavy atom. The zero-order valence-corrected chi connectivity index (χ0v) is 15.1. The van der Waals surface area contributed by atoms with E-state index in [2.05, 4.69) is 21.2 Å². The first-order chi connectivity index (χ1) is 11.8. The minimum absolute atomic E-state index is 0.312. The van der Waals surface area contributed by atoms with Gasteiger partial charge in [0.25, 0.3) is 5.91 Å². The first kappa shape index (κ1) is 18.0. The minimum Gasteiger partial charge on any atom is -0.346 e. The predicted molar refractivity (Wildman–Crippen MR) is 93.4 cm³/mol. The minimum atomic E-state index is -4.40. The molecule has 6 heteroatoms. The average molecular weight is 412 g/mol. The molecule has 0 unspecified atom stereocenters. The molecule has 132 valence electrons. The summed E-state index contributed by atoms with van der Waals surface area (Å²) in [5.74, 6) is 0.253. The third-order valence-electron chi connectivity index (χ3n) is 4.34. The molecule has 1 saturated carbocycles. The Bertz CT molecular complexity index is 799. The van der Waals surface area contributed by atoms with E-state index < -0.39 is 17.8 Å². The summed E-state index contributed by atoms with van der Waals surface area (Å²) in [5.41, 5.74) is 1.37. The number of amides is 1. The maximum absolute atomic E-state index is 12.8. The summed E-state index contributed by atoms with van der Waals surface area (Å²) >= 11 is 3.49. The quantitative estimate of drug-likeness (QED) is 0.672. The van der Waals surface area contributed by atoms with Gasteiger partial charge in [0.05, 0.1) is 11.6 Å². The van der Waals surface area contributed by atoms with Gasteiger partial charge in [-0.05, 0) is 61.1 Å². The van der Waals surface area contributed by atoms with Gasteiger partial charge in [-0.1, -0.05) is 34.1 Å². The van der Waals surface area contributed by atoms with Crippen molar-refractivity contribution in [3.8, 4) is 0 Å². The van der Waals surface area contributed by atoms with Crippen molar-refractivity contribution in [2.75, 3.05) is 0 Å². The van der Waals surface area contributed by atoms with Crippen molar-refractivity contribution in [3.05, 3.63) is 69.2 Å². The van der Waals surface area contributed by atoms with Crippen LogP contribution in [0.5, 0.6) is 0 Å². The van der Waals surface area contributed by atoms with Crippen molar-refractivity contribution in [3.63, 3.8) is 0 Å². The zero-order valence-electron chi connectivity index (χ0n) is 13.5. The van der Waals surface area contributed by atoms with Crippen LogP contribution in [0.1, 0.15) is 58.8 Å². The molecular weight excluding hydrogens is 395 g/mol. The molecule has 1 aliphatic carbocycles. The second-order valence-corrected chi connectivity index (χ2v) is 7.18. The van der Waals surface area contributed by atoms with Crippen LogP contribution in [-0.4, -0.2) is 5.91 Å². The molecule has 0 aromatic heterocycles. The summed E-state index contributed by atoms with van der Waals surface area (Å²) in [6.45, 7) is 1.67. The Morgan fingerprint density at radius 1 is 1.20 bits per heavy atom. The second-order valence-electron chi connectivity index (χ2n) is 6.33. The molecule has 0 radical (unpaired) electrons. The van der Waals surface area contributed by atoms with Crippen LogP contribution in [-0.2, 0) is 6.18 Å². The molecule has 3 rings (SSSR count). The first-order valence-corrected chi connectivity index (χ1v) is 8.82. The molecule has 0 saturated heterocycles. The van der Waals surface area contributed by atoms with E-state index in [1.165, 1.54) is 11.6 Å². The number of nitrogens with one attached hydrogen (secondary N) is 1. The van der Waals surface area contributed by atoms with Crippen molar-refractivity contribution >= 4 is 21.8 Å². The largest absolute Gasteiger partial charge is 0.416 e. The Kier molecular flexibility index (Phi) is 4.91. The zero-order chi connectivity index (χ0) is 18.2. The number of alkyl halides is 3. The highest BCUT2D eigenvalue weighted by molar-refractivity contribution is 9.10. The van der Waals surface area contributed by atoms with Crippen LogP contribution in [0.2, 0.25) is 0 Å². The first-order valence-electron chi connectivity index (χ1n) is 8.03. The number of carbonyl (C=O) groups excluding carboxylic acids is 1. The van der Waals surface area contributed by atoms with Gasteiger partial charge in [-0.25, -0.2) is 0 Å². The molecule has 1 fully saturated rings. The lowest BCUT2D eigenvalue weighted by atomic mass is 10.0. The van der Waals surface area contributed by atoms with Crippen LogP contribution in [0.25, 0.3) is 0 Å². The van der Waals surface area contributed by atoms with Gasteiger partial charge < -0.3 is 5.32 Å². The van der Waals surface area contributed by atoms with Gasteiger partial charge in [-0.15, -0.1) is 0 Å². The molecule has 1 aliphatic rings. The number of carbonyl (C=O) groups is 1. The molecule has 1 N–H and O–H groups in total. The Morgan fingerprint density at radius 2 is 1.92 bits per heavy atom. The molecule has 25 heavy (non-hydrogen) atoms. The molecule has 2 aromatic rings. The predicted octanol–water partition coefficient (Wildman–Crippen LogP) is 5.84. The molecule has 0 heterocycles. The molecule has 1 amide bonds. The van der Waals surface area contributed by atoms with Crippen LogP contribution < -0.4 is 5.32 Å². The SMILES string of the molecule is C[C@@H](NC(=O)c1ccc(C2CC2)c(Br)c1)c1cccc(C(F)(F)F)c1. The lowest BCUT2D eigenvalue weighted by Gasteiger charge is -2.16. The average Bonchev–Trinajstić information content (AvgIpc) is 3.38. The van der Waals surface area contributed by atoms with Crippen molar-refractivity contribution < 1.29 is 18.0 Å². The van der Waals surface area contributed by atoms with Gasteiger partial charge in [-0.2, -0.15) is 13.2 Å². The summed E-state index contributed by atoms with van der Waals surface area (Å²) in [4.78, 5) is 12.4. The number of benzene rings is 2. The van der Waals surface area contributed by atoms with Gasteiger partial charge in [0.1, 0.15) is 0 Å². The van der Waals surface area contributed by atoms with E-state index in [4.69, 9.17) is 0 Å². The van der Waals surface area contributed by atoms with E-state index in [1.807, 2.05) is 6.07 Å². The molecule has 0 aliphatic heterocycles. The molecule has 1 atom stereocenters. The lowest BCUT2D eigenvalue weighted by Crippen LogP contribution is -2.27. The summed E-state index contributed by atoms with van der Waals surface area (Å²) in [6.07, 6.45) is -2.07. The standard InChI is InChI=1S/C19H17BrF3NO/c1-11(13-3-2-4-15(9-13)19(21,22)23)24-18(25)14-7-8-16(12-5-6-12)17(20)10-14/h2-4,7-12H,5-6H2,1H3,(H,24,25)/t11-/m1/s1. The molecular formula is C19H17BrF3NO. The third kappa shape index (κ3) is 4.24. The van der Waals surface area contributed by atoms with E-state index in [9.17, 15) is 18.0 Å². The van der Waals surface area contributed by atoms with E-state index in [0.717, 1.165) is 29.4 Å². The third-order valence-corrected chi connectivity index (χ3v) is 5.03. The fraction of sp³-hybridized carbons (Fsp3) is 0.316. The molecule has 2 nitrogen and oxygen atoms in total. The lowest BCUT2D eigenvalue weighted by molar-refractivity contribution is -0.137. The van der Waals surface area contributed by atoms with Gasteiger partial charge >= 0.3 is 6.18 Å².